The third kappa shape index (κ3) is 3.28. The predicted octanol–water partition coefficient (Wildman–Crippen LogP) is 2.11. The lowest BCUT2D eigenvalue weighted by Gasteiger charge is -2.16. The normalized spacial score (nSPS) is 11.7. The Hall–Kier alpha value is -2.43. The van der Waals surface area contributed by atoms with Crippen molar-refractivity contribution in [2.75, 3.05) is 12.4 Å². The number of hydrogen-bond donors (Lipinski definition) is 1. The molecule has 0 bridgehead atoms. The van der Waals surface area contributed by atoms with Gasteiger partial charge in [0, 0.05) is 0 Å². The van der Waals surface area contributed by atoms with Crippen molar-refractivity contribution in [1.29, 1.82) is 0 Å². The van der Waals surface area contributed by atoms with E-state index in [0.29, 0.717) is 5.82 Å². The minimum absolute atomic E-state index is 0.367. The highest BCUT2D eigenvalue weighted by Crippen LogP contribution is 2.19. The zero-order valence-electron chi connectivity index (χ0n) is 10.8. The van der Waals surface area contributed by atoms with Crippen LogP contribution in [0.15, 0.2) is 42.5 Å². The van der Waals surface area contributed by atoms with Gasteiger partial charge in [0.05, 0.1) is 12.8 Å². The van der Waals surface area contributed by atoms with Crippen molar-refractivity contribution >= 4 is 11.8 Å². The number of hydrogen-bond acceptors (Lipinski definition) is 5. The first kappa shape index (κ1) is 13.0. The van der Waals surface area contributed by atoms with Crippen molar-refractivity contribution in [2.45, 2.75) is 13.0 Å². The molecule has 0 saturated heterocycles. The van der Waals surface area contributed by atoms with E-state index in [-0.39, 0.29) is 5.97 Å². The molecule has 0 saturated carbocycles. The molecule has 1 heterocycles. The van der Waals surface area contributed by atoms with E-state index in [0.717, 1.165) is 11.3 Å². The second kappa shape index (κ2) is 5.95. The summed E-state index contributed by atoms with van der Waals surface area (Å²) in [6, 6.07) is 12.4. The van der Waals surface area contributed by atoms with Gasteiger partial charge in [-0.25, -0.2) is 4.79 Å². The van der Waals surface area contributed by atoms with Gasteiger partial charge in [-0.05, 0) is 24.6 Å². The van der Waals surface area contributed by atoms with Crippen molar-refractivity contribution in [3.63, 3.8) is 0 Å². The molecule has 5 heteroatoms. The summed E-state index contributed by atoms with van der Waals surface area (Å²) in [6.45, 7) is 1.85. The average molecular weight is 257 g/mol. The van der Waals surface area contributed by atoms with Crippen LogP contribution in [0.2, 0.25) is 0 Å². The van der Waals surface area contributed by atoms with Crippen LogP contribution in [0.5, 0.6) is 0 Å². The highest BCUT2D eigenvalue weighted by molar-refractivity contribution is 5.80. The first-order valence-electron chi connectivity index (χ1n) is 5.90. The summed E-state index contributed by atoms with van der Waals surface area (Å²) in [5.41, 5.74) is 1.64. The van der Waals surface area contributed by atoms with E-state index in [9.17, 15) is 4.79 Å². The van der Waals surface area contributed by atoms with Crippen LogP contribution in [-0.4, -0.2) is 23.3 Å². The molecule has 0 spiro atoms. The second-order valence-electron chi connectivity index (χ2n) is 4.07. The summed E-state index contributed by atoms with van der Waals surface area (Å²) in [5, 5.41) is 11.0. The van der Waals surface area contributed by atoms with Gasteiger partial charge < -0.3 is 10.1 Å². The maximum absolute atomic E-state index is 11.9. The second-order valence-corrected chi connectivity index (χ2v) is 4.07. The van der Waals surface area contributed by atoms with Crippen LogP contribution < -0.4 is 5.32 Å². The van der Waals surface area contributed by atoms with Crippen LogP contribution in [0, 0.1) is 6.92 Å². The molecule has 2 rings (SSSR count). The Labute approximate surface area is 111 Å². The molecule has 98 valence electrons. The standard InChI is InChI=1S/C14H15N3O2/c1-10-8-9-12(17-16-10)15-13(14(18)19-2)11-6-4-3-5-7-11/h3-9,13H,1-2H3,(H,15,17). The van der Waals surface area contributed by atoms with Gasteiger partial charge in [-0.2, -0.15) is 5.10 Å². The van der Waals surface area contributed by atoms with Gasteiger partial charge in [-0.1, -0.05) is 30.3 Å². The molecule has 0 aliphatic carbocycles. The molecular formula is C14H15N3O2. The molecule has 1 N–H and O–H groups in total. The number of rotatable bonds is 4. The first-order valence-corrected chi connectivity index (χ1v) is 5.90. The summed E-state index contributed by atoms with van der Waals surface area (Å²) in [4.78, 5) is 11.9. The van der Waals surface area contributed by atoms with Gasteiger partial charge in [0.2, 0.25) is 0 Å². The molecule has 19 heavy (non-hydrogen) atoms. The molecule has 1 aromatic carbocycles. The predicted molar refractivity (Wildman–Crippen MR) is 71.6 cm³/mol. The number of esters is 1. The Balaban J connectivity index is 2.24. The van der Waals surface area contributed by atoms with E-state index < -0.39 is 6.04 Å². The Bertz CT molecular complexity index is 540. The minimum Gasteiger partial charge on any atom is -0.467 e. The smallest absolute Gasteiger partial charge is 0.333 e. The van der Waals surface area contributed by atoms with Gasteiger partial charge in [0.15, 0.2) is 6.04 Å². The van der Waals surface area contributed by atoms with E-state index in [2.05, 4.69) is 15.5 Å². The number of carbonyl (C=O) groups is 1. The summed E-state index contributed by atoms with van der Waals surface area (Å²) < 4.78 is 4.81. The Morgan fingerprint density at radius 2 is 1.89 bits per heavy atom. The molecule has 0 aliphatic heterocycles. The zero-order valence-corrected chi connectivity index (χ0v) is 10.8. The zero-order chi connectivity index (χ0) is 13.7. The van der Waals surface area contributed by atoms with E-state index in [1.54, 1.807) is 6.07 Å². The van der Waals surface area contributed by atoms with Gasteiger partial charge in [0.1, 0.15) is 5.82 Å². The van der Waals surface area contributed by atoms with Crippen LogP contribution in [0.25, 0.3) is 0 Å². The molecular weight excluding hydrogens is 242 g/mol. The summed E-state index contributed by atoms with van der Waals surface area (Å²) in [6.07, 6.45) is 0. The molecule has 1 unspecified atom stereocenters. The fourth-order valence-electron chi connectivity index (χ4n) is 1.67. The average Bonchev–Trinajstić information content (AvgIpc) is 2.47. The summed E-state index contributed by atoms with van der Waals surface area (Å²) in [7, 11) is 1.36. The van der Waals surface area contributed by atoms with E-state index in [1.807, 2.05) is 43.3 Å². The Kier molecular flexibility index (Phi) is 4.07. The number of benzene rings is 1. The topological polar surface area (TPSA) is 64.1 Å². The summed E-state index contributed by atoms with van der Waals surface area (Å²) in [5.74, 6) is 0.165. The van der Waals surface area contributed by atoms with E-state index in [4.69, 9.17) is 4.74 Å². The van der Waals surface area contributed by atoms with E-state index in [1.165, 1.54) is 7.11 Å². The molecule has 1 aromatic heterocycles. The van der Waals surface area contributed by atoms with Crippen molar-refractivity contribution in [3.05, 3.63) is 53.7 Å². The maximum atomic E-state index is 11.9. The van der Waals surface area contributed by atoms with Gasteiger partial charge in [-0.15, -0.1) is 5.10 Å². The number of nitrogens with one attached hydrogen (secondary N) is 1. The number of methoxy groups -OCH3 is 1. The number of anilines is 1. The molecule has 0 aliphatic rings. The molecule has 0 fully saturated rings. The lowest BCUT2D eigenvalue weighted by atomic mass is 10.1. The van der Waals surface area contributed by atoms with Crippen LogP contribution >= 0.6 is 0 Å². The Morgan fingerprint density at radius 1 is 1.16 bits per heavy atom. The molecule has 0 radical (unpaired) electrons. The van der Waals surface area contributed by atoms with Gasteiger partial charge in [0.25, 0.3) is 0 Å². The molecule has 0 amide bonds. The van der Waals surface area contributed by atoms with Crippen LogP contribution in [0.1, 0.15) is 17.3 Å². The largest absolute Gasteiger partial charge is 0.467 e. The highest BCUT2D eigenvalue weighted by atomic mass is 16.5. The van der Waals surface area contributed by atoms with Gasteiger partial charge >= 0.3 is 5.97 Å². The van der Waals surface area contributed by atoms with E-state index >= 15 is 0 Å². The fourth-order valence-corrected chi connectivity index (χ4v) is 1.67. The van der Waals surface area contributed by atoms with Crippen LogP contribution in [-0.2, 0) is 9.53 Å². The number of aryl methyl sites for hydroxylation is 1. The maximum Gasteiger partial charge on any atom is 0.333 e. The highest BCUT2D eigenvalue weighted by Gasteiger charge is 2.21. The third-order valence-electron chi connectivity index (χ3n) is 2.66. The number of aromatic nitrogens is 2. The number of nitrogens with zero attached hydrogens (tertiary/aromatic N) is 2. The lowest BCUT2D eigenvalue weighted by Crippen LogP contribution is -2.22. The first-order chi connectivity index (χ1) is 9.20. The van der Waals surface area contributed by atoms with Crippen molar-refractivity contribution in [1.82, 2.24) is 10.2 Å². The fraction of sp³-hybridized carbons (Fsp3) is 0.214. The SMILES string of the molecule is COC(=O)C(Nc1ccc(C)nn1)c1ccccc1. The third-order valence-corrected chi connectivity index (χ3v) is 2.66. The number of ether oxygens (including phenoxy) is 1. The quantitative estimate of drug-likeness (QED) is 0.850. The van der Waals surface area contributed by atoms with Crippen molar-refractivity contribution < 1.29 is 9.53 Å². The Morgan fingerprint density at radius 3 is 2.47 bits per heavy atom. The minimum atomic E-state index is -0.594. The molecule has 1 atom stereocenters. The van der Waals surface area contributed by atoms with Gasteiger partial charge in [-0.3, -0.25) is 0 Å². The van der Waals surface area contributed by atoms with Crippen LogP contribution in [0.3, 0.4) is 0 Å². The molecule has 2 aromatic rings. The van der Waals surface area contributed by atoms with Crippen molar-refractivity contribution in [2.24, 2.45) is 0 Å². The monoisotopic (exact) mass is 257 g/mol. The lowest BCUT2D eigenvalue weighted by molar-refractivity contribution is -0.141. The van der Waals surface area contributed by atoms with Crippen molar-refractivity contribution in [3.8, 4) is 0 Å². The summed E-state index contributed by atoms with van der Waals surface area (Å²) >= 11 is 0. The number of carbonyl (C=O) groups excluding carboxylic acids is 1. The van der Waals surface area contributed by atoms with Crippen LogP contribution in [0.4, 0.5) is 5.82 Å². The molecule has 5 nitrogen and oxygen atoms in total.